The number of hydrogen-bond acceptors (Lipinski definition) is 5. The van der Waals surface area contributed by atoms with Gasteiger partial charge < -0.3 is 15.5 Å². The van der Waals surface area contributed by atoms with Crippen LogP contribution in [0, 0.1) is 6.92 Å². The number of benzene rings is 1. The number of nitrogens with one attached hydrogen (secondary N) is 1. The van der Waals surface area contributed by atoms with Gasteiger partial charge in [-0.15, -0.1) is 0 Å². The van der Waals surface area contributed by atoms with E-state index in [0.29, 0.717) is 11.9 Å². The van der Waals surface area contributed by atoms with Gasteiger partial charge in [-0.25, -0.2) is 9.97 Å². The van der Waals surface area contributed by atoms with Crippen LogP contribution in [0.1, 0.15) is 35.7 Å². The molecule has 0 amide bonds. The molecule has 0 spiro atoms. The fourth-order valence-electron chi connectivity index (χ4n) is 3.87. The van der Waals surface area contributed by atoms with Gasteiger partial charge in [0.1, 0.15) is 5.75 Å². The molecule has 1 aliphatic heterocycles. The van der Waals surface area contributed by atoms with E-state index in [1.54, 1.807) is 13.3 Å². The van der Waals surface area contributed by atoms with Crippen molar-refractivity contribution in [1.29, 1.82) is 0 Å². The van der Waals surface area contributed by atoms with Crippen LogP contribution in [0.2, 0.25) is 0 Å². The lowest BCUT2D eigenvalue weighted by molar-refractivity contribution is 0.201. The SMILES string of the molecule is COc1ccc2[nH]c(CN3CCC(c4ccnc(N)n4)CC3)c(C)c2c1. The van der Waals surface area contributed by atoms with Crippen LogP contribution in [0.3, 0.4) is 0 Å². The normalized spacial score (nSPS) is 16.2. The number of likely N-dealkylation sites (tertiary alicyclic amines) is 1. The van der Waals surface area contributed by atoms with E-state index in [-0.39, 0.29) is 0 Å². The lowest BCUT2D eigenvalue weighted by Gasteiger charge is -2.31. The molecule has 0 atom stereocenters. The van der Waals surface area contributed by atoms with Crippen LogP contribution in [0.25, 0.3) is 10.9 Å². The van der Waals surface area contributed by atoms with Crippen molar-refractivity contribution in [3.63, 3.8) is 0 Å². The molecule has 4 rings (SSSR count). The maximum absolute atomic E-state index is 5.72. The summed E-state index contributed by atoms with van der Waals surface area (Å²) in [5, 5.41) is 1.24. The molecule has 6 nitrogen and oxygen atoms in total. The molecule has 3 aromatic rings. The molecule has 3 N–H and O–H groups in total. The van der Waals surface area contributed by atoms with Gasteiger partial charge in [-0.05, 0) is 62.7 Å². The standard InChI is InChI=1S/C20H25N5O/c1-13-16-11-15(26-2)3-4-18(16)23-19(13)12-25-9-6-14(7-10-25)17-5-8-22-20(21)24-17/h3-5,8,11,14,23H,6-7,9-10,12H2,1-2H3,(H2,21,22,24). The predicted molar refractivity (Wildman–Crippen MR) is 103 cm³/mol. The highest BCUT2D eigenvalue weighted by Gasteiger charge is 2.23. The Labute approximate surface area is 153 Å². The third-order valence-electron chi connectivity index (χ3n) is 5.45. The van der Waals surface area contributed by atoms with Gasteiger partial charge in [0.2, 0.25) is 5.95 Å². The van der Waals surface area contributed by atoms with Gasteiger partial charge in [-0.2, -0.15) is 0 Å². The van der Waals surface area contributed by atoms with Gasteiger partial charge in [-0.1, -0.05) is 0 Å². The number of ether oxygens (including phenoxy) is 1. The average Bonchev–Trinajstić information content (AvgIpc) is 2.97. The summed E-state index contributed by atoms with van der Waals surface area (Å²) in [4.78, 5) is 14.5. The lowest BCUT2D eigenvalue weighted by atomic mass is 9.93. The summed E-state index contributed by atoms with van der Waals surface area (Å²) in [7, 11) is 1.71. The molecule has 0 bridgehead atoms. The number of anilines is 1. The number of aromatic nitrogens is 3. The number of aromatic amines is 1. The number of nitrogen functional groups attached to an aromatic ring is 1. The van der Waals surface area contributed by atoms with E-state index in [0.717, 1.165) is 43.9 Å². The van der Waals surface area contributed by atoms with E-state index in [9.17, 15) is 0 Å². The Bertz CT molecular complexity index is 912. The Morgan fingerprint density at radius 3 is 2.81 bits per heavy atom. The second-order valence-electron chi connectivity index (χ2n) is 7.03. The minimum atomic E-state index is 0.369. The van der Waals surface area contributed by atoms with Crippen LogP contribution in [0.4, 0.5) is 5.95 Å². The number of methoxy groups -OCH3 is 1. The van der Waals surface area contributed by atoms with Crippen LogP contribution < -0.4 is 10.5 Å². The molecule has 0 aliphatic carbocycles. The molecule has 1 fully saturated rings. The highest BCUT2D eigenvalue weighted by molar-refractivity contribution is 5.85. The fourth-order valence-corrected chi connectivity index (χ4v) is 3.87. The molecule has 1 aromatic carbocycles. The summed E-state index contributed by atoms with van der Waals surface area (Å²) >= 11 is 0. The van der Waals surface area contributed by atoms with E-state index in [2.05, 4.69) is 38.9 Å². The monoisotopic (exact) mass is 351 g/mol. The molecule has 6 heteroatoms. The quantitative estimate of drug-likeness (QED) is 0.754. The zero-order chi connectivity index (χ0) is 18.1. The van der Waals surface area contributed by atoms with Gasteiger partial charge in [0.25, 0.3) is 0 Å². The van der Waals surface area contributed by atoms with Gasteiger partial charge >= 0.3 is 0 Å². The molecular weight excluding hydrogens is 326 g/mol. The molecule has 1 saturated heterocycles. The van der Waals surface area contributed by atoms with Crippen molar-refractivity contribution in [3.05, 3.63) is 47.4 Å². The summed E-state index contributed by atoms with van der Waals surface area (Å²) in [5.74, 6) is 1.75. The summed E-state index contributed by atoms with van der Waals surface area (Å²) in [5.41, 5.74) is 10.6. The maximum Gasteiger partial charge on any atom is 0.220 e. The maximum atomic E-state index is 5.72. The average molecular weight is 351 g/mol. The summed E-state index contributed by atoms with van der Waals surface area (Å²) in [6, 6.07) is 8.19. The Balaban J connectivity index is 1.44. The number of rotatable bonds is 4. The molecule has 0 unspecified atom stereocenters. The minimum Gasteiger partial charge on any atom is -0.497 e. The first-order chi connectivity index (χ1) is 12.6. The molecule has 0 radical (unpaired) electrons. The van der Waals surface area contributed by atoms with Gasteiger partial charge in [-0.3, -0.25) is 4.90 Å². The minimum absolute atomic E-state index is 0.369. The summed E-state index contributed by atoms with van der Waals surface area (Å²) in [6.07, 6.45) is 3.96. The highest BCUT2D eigenvalue weighted by Crippen LogP contribution is 2.30. The second kappa shape index (κ2) is 6.96. The van der Waals surface area contributed by atoms with Crippen molar-refractivity contribution >= 4 is 16.9 Å². The van der Waals surface area contributed by atoms with Crippen molar-refractivity contribution in [1.82, 2.24) is 19.9 Å². The van der Waals surface area contributed by atoms with Gasteiger partial charge in [0.15, 0.2) is 0 Å². The largest absolute Gasteiger partial charge is 0.497 e. The van der Waals surface area contributed by atoms with Crippen molar-refractivity contribution < 1.29 is 4.74 Å². The number of aryl methyl sites for hydroxylation is 1. The first-order valence-corrected chi connectivity index (χ1v) is 9.10. The number of fused-ring (bicyclic) bond motifs is 1. The Kier molecular flexibility index (Phi) is 4.51. The van der Waals surface area contributed by atoms with E-state index in [1.807, 2.05) is 12.1 Å². The van der Waals surface area contributed by atoms with Crippen molar-refractivity contribution in [3.8, 4) is 5.75 Å². The summed E-state index contributed by atoms with van der Waals surface area (Å²) in [6.45, 7) is 5.25. The smallest absolute Gasteiger partial charge is 0.220 e. The number of hydrogen-bond donors (Lipinski definition) is 2. The molecule has 26 heavy (non-hydrogen) atoms. The van der Waals surface area contributed by atoms with Crippen LogP contribution >= 0.6 is 0 Å². The Morgan fingerprint density at radius 2 is 2.08 bits per heavy atom. The Morgan fingerprint density at radius 1 is 1.27 bits per heavy atom. The molecule has 0 saturated carbocycles. The number of H-pyrrole nitrogens is 1. The third-order valence-corrected chi connectivity index (χ3v) is 5.45. The van der Waals surface area contributed by atoms with E-state index in [1.165, 1.54) is 22.2 Å². The lowest BCUT2D eigenvalue weighted by Crippen LogP contribution is -2.33. The number of piperidine rings is 1. The molecule has 3 heterocycles. The van der Waals surface area contributed by atoms with Gasteiger partial charge in [0, 0.05) is 41.0 Å². The Hall–Kier alpha value is -2.60. The van der Waals surface area contributed by atoms with E-state index < -0.39 is 0 Å². The molecule has 2 aromatic heterocycles. The van der Waals surface area contributed by atoms with Crippen LogP contribution in [0.5, 0.6) is 5.75 Å². The molecule has 136 valence electrons. The van der Waals surface area contributed by atoms with Crippen LogP contribution in [-0.2, 0) is 6.54 Å². The van der Waals surface area contributed by atoms with Crippen LogP contribution in [-0.4, -0.2) is 40.1 Å². The first kappa shape index (κ1) is 16.8. The van der Waals surface area contributed by atoms with Crippen molar-refractivity contribution in [2.24, 2.45) is 0 Å². The molecular formula is C20H25N5O. The zero-order valence-corrected chi connectivity index (χ0v) is 15.3. The second-order valence-corrected chi connectivity index (χ2v) is 7.03. The highest BCUT2D eigenvalue weighted by atomic mass is 16.5. The van der Waals surface area contributed by atoms with Crippen molar-refractivity contribution in [2.45, 2.75) is 32.2 Å². The first-order valence-electron chi connectivity index (χ1n) is 9.10. The van der Waals surface area contributed by atoms with E-state index >= 15 is 0 Å². The topological polar surface area (TPSA) is 80.1 Å². The van der Waals surface area contributed by atoms with Crippen LogP contribution in [0.15, 0.2) is 30.5 Å². The fraction of sp³-hybridized carbons (Fsp3) is 0.400. The zero-order valence-electron chi connectivity index (χ0n) is 15.3. The number of nitrogens with zero attached hydrogens (tertiary/aromatic N) is 3. The van der Waals surface area contributed by atoms with Gasteiger partial charge in [0.05, 0.1) is 7.11 Å². The summed E-state index contributed by atoms with van der Waals surface area (Å²) < 4.78 is 5.36. The number of nitrogens with two attached hydrogens (primary N) is 1. The van der Waals surface area contributed by atoms with Crippen molar-refractivity contribution in [2.75, 3.05) is 25.9 Å². The predicted octanol–water partition coefficient (Wildman–Crippen LogP) is 3.24. The van der Waals surface area contributed by atoms with E-state index in [4.69, 9.17) is 10.5 Å². The molecule has 1 aliphatic rings. The third kappa shape index (κ3) is 3.24.